The van der Waals surface area contributed by atoms with Crippen LogP contribution in [0, 0.1) is 6.92 Å². The Morgan fingerprint density at radius 1 is 1.17 bits per heavy atom. The SMILES string of the molecule is Cc1noc(-c2[nH]c3ccc(CCN4C(=O)CCC4=O)cc3c2CCN(C)C)n1. The first-order valence-electron chi connectivity index (χ1n) is 9.84. The molecule has 2 aromatic heterocycles. The molecule has 1 aliphatic rings. The summed E-state index contributed by atoms with van der Waals surface area (Å²) in [5, 5.41) is 5.02. The molecule has 0 bridgehead atoms. The number of fused-ring (bicyclic) bond motifs is 1. The minimum Gasteiger partial charge on any atom is -0.350 e. The van der Waals surface area contributed by atoms with Crippen LogP contribution in [0.2, 0.25) is 0 Å². The Morgan fingerprint density at radius 2 is 1.93 bits per heavy atom. The molecule has 8 heteroatoms. The van der Waals surface area contributed by atoms with Crippen LogP contribution >= 0.6 is 0 Å². The highest BCUT2D eigenvalue weighted by atomic mass is 16.5. The van der Waals surface area contributed by atoms with Crippen LogP contribution in [0.5, 0.6) is 0 Å². The van der Waals surface area contributed by atoms with Gasteiger partial charge in [0.25, 0.3) is 5.89 Å². The monoisotopic (exact) mass is 395 g/mol. The van der Waals surface area contributed by atoms with Crippen molar-refractivity contribution < 1.29 is 14.1 Å². The number of H-pyrrole nitrogens is 1. The van der Waals surface area contributed by atoms with Crippen LogP contribution in [0.25, 0.3) is 22.5 Å². The van der Waals surface area contributed by atoms with Gasteiger partial charge >= 0.3 is 0 Å². The maximum absolute atomic E-state index is 11.9. The molecule has 0 spiro atoms. The van der Waals surface area contributed by atoms with Gasteiger partial charge in [-0.05, 0) is 57.1 Å². The molecule has 0 aliphatic carbocycles. The summed E-state index contributed by atoms with van der Waals surface area (Å²) < 4.78 is 5.41. The van der Waals surface area contributed by atoms with E-state index in [0.29, 0.717) is 37.5 Å². The molecule has 1 aliphatic heterocycles. The first-order valence-corrected chi connectivity index (χ1v) is 9.84. The molecule has 29 heavy (non-hydrogen) atoms. The highest BCUT2D eigenvalue weighted by Crippen LogP contribution is 2.31. The van der Waals surface area contributed by atoms with Crippen molar-refractivity contribution in [2.24, 2.45) is 0 Å². The van der Waals surface area contributed by atoms with Gasteiger partial charge in [-0.25, -0.2) is 0 Å². The van der Waals surface area contributed by atoms with Crippen molar-refractivity contribution in [3.8, 4) is 11.6 Å². The largest absolute Gasteiger partial charge is 0.350 e. The van der Waals surface area contributed by atoms with Gasteiger partial charge in [0.15, 0.2) is 5.82 Å². The van der Waals surface area contributed by atoms with Crippen molar-refractivity contribution >= 4 is 22.7 Å². The highest BCUT2D eigenvalue weighted by Gasteiger charge is 2.28. The second-order valence-electron chi connectivity index (χ2n) is 7.75. The summed E-state index contributed by atoms with van der Waals surface area (Å²) in [4.78, 5) is 35.0. The highest BCUT2D eigenvalue weighted by molar-refractivity contribution is 6.01. The molecule has 1 saturated heterocycles. The molecule has 1 N–H and O–H groups in total. The molecule has 152 valence electrons. The summed E-state index contributed by atoms with van der Waals surface area (Å²) in [6, 6.07) is 6.20. The van der Waals surface area contributed by atoms with Gasteiger partial charge in [-0.1, -0.05) is 11.2 Å². The van der Waals surface area contributed by atoms with Crippen molar-refractivity contribution in [3.05, 3.63) is 35.2 Å². The summed E-state index contributed by atoms with van der Waals surface area (Å²) in [6.07, 6.45) is 2.13. The number of hydrogen-bond acceptors (Lipinski definition) is 6. The number of carbonyl (C=O) groups excluding carboxylic acids is 2. The second kappa shape index (κ2) is 7.79. The van der Waals surface area contributed by atoms with Crippen molar-refractivity contribution in [3.63, 3.8) is 0 Å². The molecular weight excluding hydrogens is 370 g/mol. The molecule has 8 nitrogen and oxygen atoms in total. The average molecular weight is 395 g/mol. The molecule has 0 atom stereocenters. The lowest BCUT2D eigenvalue weighted by molar-refractivity contribution is -0.138. The second-order valence-corrected chi connectivity index (χ2v) is 7.75. The number of hydrogen-bond donors (Lipinski definition) is 1. The molecule has 1 fully saturated rings. The van der Waals surface area contributed by atoms with Gasteiger partial charge in [0.1, 0.15) is 5.69 Å². The summed E-state index contributed by atoms with van der Waals surface area (Å²) in [6.45, 7) is 3.11. The number of nitrogens with one attached hydrogen (secondary N) is 1. The summed E-state index contributed by atoms with van der Waals surface area (Å²) >= 11 is 0. The molecule has 2 amide bonds. The van der Waals surface area contributed by atoms with E-state index in [4.69, 9.17) is 4.52 Å². The Kier molecular flexibility index (Phi) is 5.19. The third-order valence-electron chi connectivity index (χ3n) is 5.30. The standard InChI is InChI=1S/C21H25N5O3/c1-13-22-21(29-24-13)20-15(9-10-25(2)3)16-12-14(4-5-17(16)23-20)8-11-26-18(27)6-7-19(26)28/h4-5,12,23H,6-11H2,1-3H3. The number of imide groups is 1. The lowest BCUT2D eigenvalue weighted by Crippen LogP contribution is -2.31. The summed E-state index contributed by atoms with van der Waals surface area (Å²) in [5.41, 5.74) is 4.07. The van der Waals surface area contributed by atoms with Crippen LogP contribution in [0.1, 0.15) is 29.8 Å². The van der Waals surface area contributed by atoms with Crippen molar-refractivity contribution in [2.45, 2.75) is 32.6 Å². The third-order valence-corrected chi connectivity index (χ3v) is 5.30. The Balaban J connectivity index is 1.66. The fourth-order valence-corrected chi connectivity index (χ4v) is 3.74. The number of likely N-dealkylation sites (N-methyl/N-ethyl adjacent to an activating group) is 1. The zero-order chi connectivity index (χ0) is 20.5. The molecular formula is C21H25N5O3. The molecule has 0 radical (unpaired) electrons. The van der Waals surface area contributed by atoms with E-state index < -0.39 is 0 Å². The van der Waals surface area contributed by atoms with Gasteiger partial charge < -0.3 is 14.4 Å². The van der Waals surface area contributed by atoms with Gasteiger partial charge in [-0.3, -0.25) is 14.5 Å². The number of aromatic nitrogens is 3. The number of likely N-dealkylation sites (tertiary alicyclic amines) is 1. The lowest BCUT2D eigenvalue weighted by Gasteiger charge is -2.13. The van der Waals surface area contributed by atoms with Crippen LogP contribution in [-0.2, 0) is 22.4 Å². The number of aryl methyl sites for hydroxylation is 1. The topological polar surface area (TPSA) is 95.3 Å². The van der Waals surface area contributed by atoms with E-state index >= 15 is 0 Å². The normalized spacial score (nSPS) is 14.7. The maximum Gasteiger partial charge on any atom is 0.274 e. The third kappa shape index (κ3) is 3.93. The van der Waals surface area contributed by atoms with E-state index in [0.717, 1.165) is 40.7 Å². The molecule has 3 heterocycles. The van der Waals surface area contributed by atoms with Gasteiger partial charge in [-0.2, -0.15) is 4.98 Å². The molecule has 4 rings (SSSR count). The minimum atomic E-state index is -0.0709. The Morgan fingerprint density at radius 3 is 2.59 bits per heavy atom. The zero-order valence-electron chi connectivity index (χ0n) is 17.0. The van der Waals surface area contributed by atoms with E-state index in [2.05, 4.69) is 26.1 Å². The molecule has 1 aromatic carbocycles. The predicted octanol–water partition coefficient (Wildman–Crippen LogP) is 2.32. The number of nitrogens with zero attached hydrogens (tertiary/aromatic N) is 4. The van der Waals surface area contributed by atoms with Crippen molar-refractivity contribution in [1.82, 2.24) is 24.9 Å². The Hall–Kier alpha value is -3.00. The Bertz CT molecular complexity index is 1050. The van der Waals surface area contributed by atoms with Crippen molar-refractivity contribution in [1.29, 1.82) is 0 Å². The quantitative estimate of drug-likeness (QED) is 0.617. The van der Waals surface area contributed by atoms with E-state index in [-0.39, 0.29) is 11.8 Å². The summed E-state index contributed by atoms with van der Waals surface area (Å²) in [7, 11) is 4.09. The van der Waals surface area contributed by atoms with Gasteiger partial charge in [0.2, 0.25) is 11.8 Å². The number of rotatable bonds is 7. The van der Waals surface area contributed by atoms with Gasteiger partial charge in [0, 0.05) is 36.8 Å². The number of aromatic amines is 1. The number of carbonyl (C=O) groups is 2. The maximum atomic E-state index is 11.9. The van der Waals surface area contributed by atoms with Crippen LogP contribution in [-0.4, -0.2) is 63.9 Å². The fraction of sp³-hybridized carbons (Fsp3) is 0.429. The smallest absolute Gasteiger partial charge is 0.274 e. The first kappa shape index (κ1) is 19.3. The van der Waals surface area contributed by atoms with Gasteiger partial charge in [0.05, 0.1) is 0 Å². The summed E-state index contributed by atoms with van der Waals surface area (Å²) in [5.74, 6) is 0.942. The van der Waals surface area contributed by atoms with E-state index in [1.807, 2.05) is 26.2 Å². The van der Waals surface area contributed by atoms with E-state index in [9.17, 15) is 9.59 Å². The first-order chi connectivity index (χ1) is 13.9. The fourth-order valence-electron chi connectivity index (χ4n) is 3.74. The van der Waals surface area contributed by atoms with Crippen LogP contribution in [0.4, 0.5) is 0 Å². The minimum absolute atomic E-state index is 0.0709. The van der Waals surface area contributed by atoms with Crippen molar-refractivity contribution in [2.75, 3.05) is 27.2 Å². The lowest BCUT2D eigenvalue weighted by atomic mass is 10.0. The molecule has 0 saturated carbocycles. The number of amides is 2. The van der Waals surface area contributed by atoms with Crippen LogP contribution in [0.15, 0.2) is 22.7 Å². The predicted molar refractivity (Wildman–Crippen MR) is 108 cm³/mol. The van der Waals surface area contributed by atoms with E-state index in [1.54, 1.807) is 6.92 Å². The van der Waals surface area contributed by atoms with Crippen LogP contribution < -0.4 is 0 Å². The molecule has 0 unspecified atom stereocenters. The Labute approximate surface area is 168 Å². The zero-order valence-corrected chi connectivity index (χ0v) is 17.0. The molecule has 3 aromatic rings. The van der Waals surface area contributed by atoms with E-state index in [1.165, 1.54) is 4.90 Å². The average Bonchev–Trinajstić information content (AvgIpc) is 3.36. The number of benzene rings is 1. The van der Waals surface area contributed by atoms with Crippen LogP contribution in [0.3, 0.4) is 0 Å². The van der Waals surface area contributed by atoms with Gasteiger partial charge in [-0.15, -0.1) is 0 Å².